The Balaban J connectivity index is 1.76. The van der Waals surface area contributed by atoms with E-state index in [4.69, 9.17) is 15.0 Å². The maximum absolute atomic E-state index is 12.1. The van der Waals surface area contributed by atoms with Crippen molar-refractivity contribution in [3.63, 3.8) is 0 Å². The second-order valence-corrected chi connectivity index (χ2v) is 4.99. The van der Waals surface area contributed by atoms with E-state index in [1.807, 2.05) is 12.1 Å². The molecule has 3 rings (SSSR count). The van der Waals surface area contributed by atoms with Crippen LogP contribution in [0.5, 0.6) is 0 Å². The molecule has 6 heteroatoms. The summed E-state index contributed by atoms with van der Waals surface area (Å²) in [4.78, 5) is 23.7. The molecule has 0 saturated carbocycles. The molecule has 1 atom stereocenters. The molecule has 0 aliphatic carbocycles. The van der Waals surface area contributed by atoms with E-state index >= 15 is 0 Å². The molecule has 1 amide bonds. The lowest BCUT2D eigenvalue weighted by Crippen LogP contribution is -2.26. The first-order valence-electron chi connectivity index (χ1n) is 7.02. The van der Waals surface area contributed by atoms with Gasteiger partial charge in [0.05, 0.1) is 6.42 Å². The van der Waals surface area contributed by atoms with E-state index in [-0.39, 0.29) is 6.42 Å². The van der Waals surface area contributed by atoms with Crippen LogP contribution in [0.2, 0.25) is 0 Å². The van der Waals surface area contributed by atoms with Crippen molar-refractivity contribution >= 4 is 22.8 Å². The Morgan fingerprint density at radius 3 is 2.52 bits per heavy atom. The molecule has 2 aromatic carbocycles. The molecule has 0 spiro atoms. The van der Waals surface area contributed by atoms with Crippen LogP contribution in [0.1, 0.15) is 17.4 Å². The lowest BCUT2D eigenvalue weighted by Gasteiger charge is -2.14. The van der Waals surface area contributed by atoms with Gasteiger partial charge in [-0.05, 0) is 12.1 Å². The summed E-state index contributed by atoms with van der Waals surface area (Å²) >= 11 is 0. The molecule has 3 aromatic rings. The second-order valence-electron chi connectivity index (χ2n) is 4.99. The molecule has 0 saturated heterocycles. The van der Waals surface area contributed by atoms with Crippen LogP contribution in [0, 0.1) is 0 Å². The van der Waals surface area contributed by atoms with Crippen LogP contribution in [0.25, 0.3) is 11.0 Å². The Morgan fingerprint density at radius 1 is 1.09 bits per heavy atom. The summed E-state index contributed by atoms with van der Waals surface area (Å²) in [5, 5.41) is 4.60. The fourth-order valence-electron chi connectivity index (χ4n) is 2.29. The molecule has 2 N–H and O–H groups in total. The van der Waals surface area contributed by atoms with Crippen molar-refractivity contribution in [2.45, 2.75) is 12.5 Å². The second kappa shape index (κ2) is 6.31. The molecule has 1 aromatic heterocycles. The van der Waals surface area contributed by atoms with Crippen LogP contribution in [-0.2, 0) is 20.7 Å². The third-order valence-corrected chi connectivity index (χ3v) is 3.37. The van der Waals surface area contributed by atoms with Crippen LogP contribution in [0.3, 0.4) is 0 Å². The van der Waals surface area contributed by atoms with Gasteiger partial charge in [-0.1, -0.05) is 47.6 Å². The summed E-state index contributed by atoms with van der Waals surface area (Å²) in [6, 6.07) is 15.8. The summed E-state index contributed by atoms with van der Waals surface area (Å²) in [6.45, 7) is 0. The maximum Gasteiger partial charge on any atom is 0.313 e. The number of rotatable bonds is 5. The van der Waals surface area contributed by atoms with E-state index in [2.05, 4.69) is 5.16 Å². The third-order valence-electron chi connectivity index (χ3n) is 3.37. The van der Waals surface area contributed by atoms with E-state index in [0.29, 0.717) is 16.8 Å². The number of hydrogen-bond donors (Lipinski definition) is 1. The van der Waals surface area contributed by atoms with Crippen LogP contribution < -0.4 is 5.73 Å². The number of esters is 1. The number of nitrogens with two attached hydrogens (primary N) is 1. The molecular weight excluding hydrogens is 296 g/mol. The van der Waals surface area contributed by atoms with E-state index in [1.54, 1.807) is 42.5 Å². The molecule has 0 aliphatic rings. The van der Waals surface area contributed by atoms with Crippen molar-refractivity contribution < 1.29 is 18.8 Å². The van der Waals surface area contributed by atoms with Crippen LogP contribution in [-0.4, -0.2) is 17.0 Å². The highest BCUT2D eigenvalue weighted by molar-refractivity contribution is 5.86. The molecule has 0 aliphatic heterocycles. The molecule has 1 heterocycles. The summed E-state index contributed by atoms with van der Waals surface area (Å²) in [7, 11) is 0. The number of primary amides is 1. The molecule has 0 fully saturated rings. The van der Waals surface area contributed by atoms with Gasteiger partial charge in [-0.3, -0.25) is 9.59 Å². The van der Waals surface area contributed by atoms with Gasteiger partial charge in [0.25, 0.3) is 5.91 Å². The van der Waals surface area contributed by atoms with E-state index in [1.165, 1.54) is 0 Å². The highest BCUT2D eigenvalue weighted by atomic mass is 16.5. The lowest BCUT2D eigenvalue weighted by molar-refractivity contribution is -0.154. The zero-order valence-electron chi connectivity index (χ0n) is 12.1. The summed E-state index contributed by atoms with van der Waals surface area (Å²) in [5.74, 6) is -1.33. The fraction of sp³-hybridized carbons (Fsp3) is 0.118. The first-order valence-corrected chi connectivity index (χ1v) is 7.02. The van der Waals surface area contributed by atoms with Gasteiger partial charge in [-0.2, -0.15) is 0 Å². The van der Waals surface area contributed by atoms with Crippen molar-refractivity contribution in [3.05, 3.63) is 65.9 Å². The number of carbonyl (C=O) groups excluding carboxylic acids is 2. The Hall–Kier alpha value is -3.15. The smallest absolute Gasteiger partial charge is 0.313 e. The minimum Gasteiger partial charge on any atom is -0.447 e. The van der Waals surface area contributed by atoms with Crippen LogP contribution in [0.15, 0.2) is 59.1 Å². The number of hydrogen-bond acceptors (Lipinski definition) is 5. The molecule has 116 valence electrons. The highest BCUT2D eigenvalue weighted by Crippen LogP contribution is 2.21. The monoisotopic (exact) mass is 310 g/mol. The Labute approximate surface area is 131 Å². The van der Waals surface area contributed by atoms with Crippen molar-refractivity contribution in [3.8, 4) is 0 Å². The lowest BCUT2D eigenvalue weighted by atomic mass is 10.1. The Kier molecular flexibility index (Phi) is 4.05. The minimum atomic E-state index is -1.12. The van der Waals surface area contributed by atoms with Gasteiger partial charge in [0.2, 0.25) is 6.10 Å². The van der Waals surface area contributed by atoms with Crippen molar-refractivity contribution in [1.29, 1.82) is 0 Å². The summed E-state index contributed by atoms with van der Waals surface area (Å²) in [5.41, 5.74) is 6.90. The zero-order chi connectivity index (χ0) is 16.2. The van der Waals surface area contributed by atoms with Gasteiger partial charge in [-0.15, -0.1) is 0 Å². The van der Waals surface area contributed by atoms with Crippen LogP contribution >= 0.6 is 0 Å². The van der Waals surface area contributed by atoms with E-state index in [9.17, 15) is 9.59 Å². The van der Waals surface area contributed by atoms with Crippen molar-refractivity contribution in [2.75, 3.05) is 0 Å². The predicted octanol–water partition coefficient (Wildman–Crippen LogP) is 2.14. The average Bonchev–Trinajstić information content (AvgIpc) is 2.96. The molecule has 0 radical (unpaired) electrons. The number of para-hydroxylation sites is 1. The number of carbonyl (C=O) groups is 2. The maximum atomic E-state index is 12.1. The van der Waals surface area contributed by atoms with Gasteiger partial charge in [0, 0.05) is 10.9 Å². The van der Waals surface area contributed by atoms with Crippen LogP contribution in [0.4, 0.5) is 0 Å². The van der Waals surface area contributed by atoms with Gasteiger partial charge in [-0.25, -0.2) is 0 Å². The quantitative estimate of drug-likeness (QED) is 0.728. The summed E-state index contributed by atoms with van der Waals surface area (Å²) < 4.78 is 10.4. The number of amides is 1. The number of fused-ring (bicyclic) bond motifs is 1. The average molecular weight is 310 g/mol. The molecule has 0 unspecified atom stereocenters. The van der Waals surface area contributed by atoms with Gasteiger partial charge >= 0.3 is 5.97 Å². The van der Waals surface area contributed by atoms with E-state index in [0.717, 1.165) is 5.39 Å². The largest absolute Gasteiger partial charge is 0.447 e. The minimum absolute atomic E-state index is 0.104. The third kappa shape index (κ3) is 3.21. The van der Waals surface area contributed by atoms with E-state index < -0.39 is 18.0 Å². The number of ether oxygens (including phenoxy) is 1. The highest BCUT2D eigenvalue weighted by Gasteiger charge is 2.23. The van der Waals surface area contributed by atoms with Gasteiger partial charge in [0.15, 0.2) is 5.58 Å². The molecule has 0 bridgehead atoms. The van der Waals surface area contributed by atoms with Crippen molar-refractivity contribution in [2.24, 2.45) is 5.73 Å². The normalized spacial score (nSPS) is 12.0. The Morgan fingerprint density at radius 2 is 1.78 bits per heavy atom. The fourth-order valence-corrected chi connectivity index (χ4v) is 2.29. The Bertz CT molecular complexity index is 842. The first-order chi connectivity index (χ1) is 11.1. The number of nitrogens with zero attached hydrogens (tertiary/aromatic N) is 1. The predicted molar refractivity (Wildman–Crippen MR) is 82.2 cm³/mol. The molecule has 6 nitrogen and oxygen atoms in total. The first kappa shape index (κ1) is 14.8. The topological polar surface area (TPSA) is 95.4 Å². The SMILES string of the molecule is NC(=O)[C@@H](OC(=O)Cc1noc2ccccc12)c1ccccc1. The molecule has 23 heavy (non-hydrogen) atoms. The van der Waals surface area contributed by atoms with Gasteiger partial charge in [0.1, 0.15) is 5.69 Å². The van der Waals surface area contributed by atoms with Gasteiger partial charge < -0.3 is 15.0 Å². The van der Waals surface area contributed by atoms with Crippen molar-refractivity contribution in [1.82, 2.24) is 5.16 Å². The standard InChI is InChI=1S/C17H14N2O4/c18-17(21)16(11-6-2-1-3-7-11)22-15(20)10-13-12-8-4-5-9-14(12)23-19-13/h1-9,16H,10H2,(H2,18,21)/t16-/m0/s1. The zero-order valence-corrected chi connectivity index (χ0v) is 12.1. The molecular formula is C17H14N2O4. The number of aromatic nitrogens is 1. The number of benzene rings is 2. The summed E-state index contributed by atoms with van der Waals surface area (Å²) in [6.07, 6.45) is -1.23.